The summed E-state index contributed by atoms with van der Waals surface area (Å²) in [6.45, 7) is 24.5. The van der Waals surface area contributed by atoms with Crippen molar-refractivity contribution in [3.63, 3.8) is 0 Å². The van der Waals surface area contributed by atoms with Gasteiger partial charge in [-0.1, -0.05) is 75.3 Å². The number of thiol groups is 1. The Kier molecular flexibility index (Phi) is 9.00. The van der Waals surface area contributed by atoms with Crippen LogP contribution in [0.5, 0.6) is 0 Å². The lowest BCUT2D eigenvalue weighted by molar-refractivity contribution is -0.170. The Morgan fingerprint density at radius 2 is 1.46 bits per heavy atom. The van der Waals surface area contributed by atoms with Gasteiger partial charge in [0, 0.05) is 22.8 Å². The van der Waals surface area contributed by atoms with Crippen LogP contribution in [0.1, 0.15) is 128 Å². The minimum atomic E-state index is -0.723. The van der Waals surface area contributed by atoms with Crippen molar-refractivity contribution in [3.8, 4) is 0 Å². The van der Waals surface area contributed by atoms with Gasteiger partial charge in [-0.15, -0.1) is 0 Å². The molecule has 222 valence electrons. The van der Waals surface area contributed by atoms with E-state index in [9.17, 15) is 9.59 Å². The van der Waals surface area contributed by atoms with Crippen molar-refractivity contribution in [2.24, 2.45) is 50.6 Å². The minimum Gasteiger partial charge on any atom is -0.330 e. The summed E-state index contributed by atoms with van der Waals surface area (Å²) in [5.41, 5.74) is 8.46. The molecular formula is C35H59NO2S. The maximum atomic E-state index is 14.4. The van der Waals surface area contributed by atoms with Crippen LogP contribution in [0.4, 0.5) is 0 Å². The molecule has 8 unspecified atom stereocenters. The second-order valence-corrected chi connectivity index (χ2v) is 15.5. The number of hydrogen-bond donors (Lipinski definition) is 2. The summed E-state index contributed by atoms with van der Waals surface area (Å²) >= 11 is 5.00. The molecule has 0 heterocycles. The van der Waals surface area contributed by atoms with E-state index in [2.05, 4.69) is 47.6 Å². The van der Waals surface area contributed by atoms with E-state index in [0.29, 0.717) is 24.7 Å². The van der Waals surface area contributed by atoms with Crippen LogP contribution >= 0.6 is 12.6 Å². The van der Waals surface area contributed by atoms with Gasteiger partial charge >= 0.3 is 0 Å². The largest absolute Gasteiger partial charge is 0.330 e. The zero-order valence-corrected chi connectivity index (χ0v) is 28.0. The Bertz CT molecular complexity index is 1040. The van der Waals surface area contributed by atoms with E-state index in [1.54, 1.807) is 0 Å². The molecular weight excluding hydrogens is 498 g/mol. The Morgan fingerprint density at radius 1 is 0.872 bits per heavy atom. The van der Waals surface area contributed by atoms with E-state index in [1.807, 2.05) is 40.7 Å². The van der Waals surface area contributed by atoms with Crippen LogP contribution < -0.4 is 5.73 Å². The first-order valence-electron chi connectivity index (χ1n) is 16.1. The van der Waals surface area contributed by atoms with Crippen molar-refractivity contribution in [3.05, 3.63) is 23.3 Å². The second-order valence-electron chi connectivity index (χ2n) is 14.6. The zero-order chi connectivity index (χ0) is 29.8. The molecule has 2 N–H and O–H groups in total. The average Bonchev–Trinajstić information content (AvgIpc) is 2.90. The third kappa shape index (κ3) is 4.48. The summed E-state index contributed by atoms with van der Waals surface area (Å²) in [6, 6.07) is 0. The van der Waals surface area contributed by atoms with Crippen LogP contribution in [0.3, 0.4) is 0 Å². The van der Waals surface area contributed by atoms with Crippen molar-refractivity contribution in [2.75, 3.05) is 6.54 Å². The van der Waals surface area contributed by atoms with Crippen molar-refractivity contribution in [1.29, 1.82) is 0 Å². The first-order chi connectivity index (χ1) is 18.1. The molecule has 0 spiro atoms. The summed E-state index contributed by atoms with van der Waals surface area (Å²) in [4.78, 5) is 27.8. The van der Waals surface area contributed by atoms with Gasteiger partial charge in [0.2, 0.25) is 0 Å². The van der Waals surface area contributed by atoms with Gasteiger partial charge < -0.3 is 5.73 Å². The van der Waals surface area contributed by atoms with Gasteiger partial charge in [0.05, 0.1) is 4.75 Å². The van der Waals surface area contributed by atoms with Gasteiger partial charge in [0.15, 0.2) is 11.6 Å². The first kappa shape index (κ1) is 32.6. The Hall–Kier alpha value is -0.870. The Labute approximate surface area is 246 Å². The number of nitrogens with two attached hydrogens (primary N) is 1. The molecule has 5 aliphatic carbocycles. The molecule has 4 heteroatoms. The first-order valence-corrected chi connectivity index (χ1v) is 16.5. The number of fused-ring (bicyclic) bond motifs is 7. The zero-order valence-electron chi connectivity index (χ0n) is 27.1. The monoisotopic (exact) mass is 557 g/mol. The molecule has 0 saturated heterocycles. The topological polar surface area (TPSA) is 60.2 Å². The molecule has 39 heavy (non-hydrogen) atoms. The molecule has 0 aromatic carbocycles. The number of Topliss-reactive ketones (excluding diaryl/α,β-unsaturated/α-hetero) is 1. The molecule has 0 amide bonds. The molecule has 3 saturated carbocycles. The lowest BCUT2D eigenvalue weighted by Crippen LogP contribution is -2.66. The van der Waals surface area contributed by atoms with Crippen LogP contribution in [0.25, 0.3) is 0 Å². The number of ketones is 2. The number of rotatable bonds is 2. The summed E-state index contributed by atoms with van der Waals surface area (Å²) in [7, 11) is 0. The summed E-state index contributed by atoms with van der Waals surface area (Å²) in [6.07, 6.45) is 12.7. The van der Waals surface area contributed by atoms with E-state index < -0.39 is 4.75 Å². The van der Waals surface area contributed by atoms with Crippen molar-refractivity contribution in [1.82, 2.24) is 0 Å². The van der Waals surface area contributed by atoms with Gasteiger partial charge in [-0.25, -0.2) is 0 Å². The van der Waals surface area contributed by atoms with Gasteiger partial charge in [-0.05, 0) is 104 Å². The molecule has 3 fully saturated rings. The lowest BCUT2D eigenvalue weighted by atomic mass is 9.35. The summed E-state index contributed by atoms with van der Waals surface area (Å²) < 4.78 is -0.723. The minimum absolute atomic E-state index is 0.0756. The highest BCUT2D eigenvalue weighted by atomic mass is 32.1. The standard InChI is InChI=1S/C31H47NO2S.2C2H6/c1-8-19-16-28(5)20(30(7,35)25(19)34)10-12-31(18-32)21-9-11-27(4)14-13-26(2,3)17-23(27)29(21,6)24(33)15-22(28)31;2*1-2/h15-16,20-21,23,35H,8-14,17-18,32H2,1-7H3;2*1-2H3. The normalized spacial score (nSPS) is 45.9. The van der Waals surface area contributed by atoms with E-state index in [0.717, 1.165) is 31.3 Å². The quantitative estimate of drug-likeness (QED) is 0.334. The molecule has 0 bridgehead atoms. The SMILES string of the molecule is CC.CC.CCC1=CC2(C)C3=CC(=O)C4(C)C5CC(C)(C)CCC5(C)CCC4C3(CN)CCC2C(C)(S)C1=O. The summed E-state index contributed by atoms with van der Waals surface area (Å²) in [5.74, 6) is 1.21. The van der Waals surface area contributed by atoms with E-state index in [4.69, 9.17) is 18.4 Å². The maximum Gasteiger partial charge on any atom is 0.174 e. The highest BCUT2D eigenvalue weighted by Crippen LogP contribution is 2.73. The van der Waals surface area contributed by atoms with Gasteiger partial charge in [0.1, 0.15) is 0 Å². The number of hydrogen-bond acceptors (Lipinski definition) is 4. The van der Waals surface area contributed by atoms with Crippen LogP contribution in [0.15, 0.2) is 23.3 Å². The number of carbonyl (C=O) groups is 2. The molecule has 5 aliphatic rings. The van der Waals surface area contributed by atoms with Crippen LogP contribution in [-0.4, -0.2) is 22.9 Å². The lowest BCUT2D eigenvalue weighted by Gasteiger charge is -2.68. The molecule has 5 rings (SSSR count). The number of allylic oxidation sites excluding steroid dienone is 3. The van der Waals surface area contributed by atoms with Crippen molar-refractivity contribution >= 4 is 24.2 Å². The third-order valence-electron chi connectivity index (χ3n) is 12.3. The van der Waals surface area contributed by atoms with Gasteiger partial charge in [-0.3, -0.25) is 9.59 Å². The van der Waals surface area contributed by atoms with Crippen LogP contribution in [0.2, 0.25) is 0 Å². The molecule has 3 nitrogen and oxygen atoms in total. The van der Waals surface area contributed by atoms with E-state index in [1.165, 1.54) is 24.8 Å². The molecule has 0 radical (unpaired) electrons. The van der Waals surface area contributed by atoms with Crippen LogP contribution in [0, 0.1) is 44.8 Å². The Balaban J connectivity index is 0.00000100. The Morgan fingerprint density at radius 3 is 2.03 bits per heavy atom. The predicted octanol–water partition coefficient (Wildman–Crippen LogP) is 8.77. The van der Waals surface area contributed by atoms with E-state index in [-0.39, 0.29) is 44.7 Å². The predicted molar refractivity (Wildman–Crippen MR) is 169 cm³/mol. The molecule has 0 aliphatic heterocycles. The van der Waals surface area contributed by atoms with Gasteiger partial charge in [-0.2, -0.15) is 12.6 Å². The smallest absolute Gasteiger partial charge is 0.174 e. The van der Waals surface area contributed by atoms with E-state index >= 15 is 0 Å². The fraction of sp³-hybridized carbons (Fsp3) is 0.829. The van der Waals surface area contributed by atoms with Crippen molar-refractivity contribution in [2.45, 2.75) is 132 Å². The maximum absolute atomic E-state index is 14.4. The highest BCUT2D eigenvalue weighted by molar-refractivity contribution is 7.82. The fourth-order valence-electron chi connectivity index (χ4n) is 10.2. The van der Waals surface area contributed by atoms with Crippen LogP contribution in [-0.2, 0) is 9.59 Å². The van der Waals surface area contributed by atoms with Gasteiger partial charge in [0.25, 0.3) is 0 Å². The third-order valence-corrected chi connectivity index (χ3v) is 12.8. The summed E-state index contributed by atoms with van der Waals surface area (Å²) in [5, 5.41) is 0. The highest BCUT2D eigenvalue weighted by Gasteiger charge is 2.69. The molecule has 0 aromatic rings. The van der Waals surface area contributed by atoms with Crippen molar-refractivity contribution < 1.29 is 9.59 Å². The molecule has 8 atom stereocenters. The molecule has 0 aromatic heterocycles. The average molecular weight is 558 g/mol. The number of carbonyl (C=O) groups excluding carboxylic acids is 2. The second kappa shape index (κ2) is 10.8. The fourth-order valence-corrected chi connectivity index (χ4v) is 10.8.